The third kappa shape index (κ3) is 3.59. The van der Waals surface area contributed by atoms with E-state index in [0.29, 0.717) is 12.3 Å². The van der Waals surface area contributed by atoms with Crippen molar-refractivity contribution >= 4 is 45.0 Å². The van der Waals surface area contributed by atoms with Crippen LogP contribution in [0.15, 0.2) is 93.2 Å². The summed E-state index contributed by atoms with van der Waals surface area (Å²) in [7, 11) is 0. The lowest BCUT2D eigenvalue weighted by Gasteiger charge is -2.40. The minimum atomic E-state index is -0.407. The van der Waals surface area contributed by atoms with E-state index < -0.39 is 5.92 Å². The molecule has 4 nitrogen and oxygen atoms in total. The van der Waals surface area contributed by atoms with E-state index in [-0.39, 0.29) is 22.0 Å². The normalized spacial score (nSPS) is 21.0. The van der Waals surface area contributed by atoms with E-state index in [9.17, 15) is 9.59 Å². The molecule has 3 aromatic carbocycles. The van der Waals surface area contributed by atoms with E-state index in [1.54, 1.807) is 11.8 Å². The SMILES string of the molecule is O=C1Oc2ccc(Br)cc2[C@H]2c3sc(=O)n(Cc4ccccc4)c3S[C@@H](c3ccccc3)[C@H]12. The quantitative estimate of drug-likeness (QED) is 0.230. The predicted octanol–water partition coefficient (Wildman–Crippen LogP) is 6.23. The number of benzene rings is 3. The van der Waals surface area contributed by atoms with Gasteiger partial charge in [-0.2, -0.15) is 0 Å². The molecular weight excluding hydrogens is 518 g/mol. The molecule has 3 atom stereocenters. The number of nitrogens with zero attached hydrogens (tertiary/aromatic N) is 1. The molecule has 0 N–H and O–H groups in total. The number of fused-ring (bicyclic) bond motifs is 5. The number of rotatable bonds is 3. The highest BCUT2D eigenvalue weighted by atomic mass is 79.9. The lowest BCUT2D eigenvalue weighted by atomic mass is 9.78. The van der Waals surface area contributed by atoms with Crippen LogP contribution in [0.5, 0.6) is 5.75 Å². The van der Waals surface area contributed by atoms with Crippen LogP contribution in [0.3, 0.4) is 0 Å². The smallest absolute Gasteiger partial charge is 0.316 e. The second kappa shape index (κ2) is 8.31. The first-order valence-corrected chi connectivity index (χ1v) is 13.1. The van der Waals surface area contributed by atoms with Gasteiger partial charge in [-0.05, 0) is 29.3 Å². The molecule has 0 aliphatic carbocycles. The zero-order chi connectivity index (χ0) is 22.5. The highest BCUT2D eigenvalue weighted by Crippen LogP contribution is 2.59. The van der Waals surface area contributed by atoms with Crippen LogP contribution in [0, 0.1) is 5.92 Å². The van der Waals surface area contributed by atoms with Gasteiger partial charge in [0.1, 0.15) is 5.75 Å². The van der Waals surface area contributed by atoms with Crippen LogP contribution in [0.2, 0.25) is 0 Å². The van der Waals surface area contributed by atoms with Gasteiger partial charge in [0.05, 0.1) is 22.7 Å². The number of aromatic nitrogens is 1. The Balaban J connectivity index is 1.57. The van der Waals surface area contributed by atoms with Crippen LogP contribution in [0.25, 0.3) is 0 Å². The number of hydrogen-bond donors (Lipinski definition) is 0. The van der Waals surface area contributed by atoms with E-state index in [1.807, 2.05) is 71.3 Å². The molecule has 164 valence electrons. The molecule has 1 aromatic heterocycles. The third-order valence-electron chi connectivity index (χ3n) is 6.18. The van der Waals surface area contributed by atoms with Gasteiger partial charge in [0.25, 0.3) is 0 Å². The fourth-order valence-electron chi connectivity index (χ4n) is 4.70. The monoisotopic (exact) mass is 535 g/mol. The van der Waals surface area contributed by atoms with E-state index in [0.717, 1.165) is 31.1 Å². The number of thiazole rings is 1. The Morgan fingerprint density at radius 1 is 0.939 bits per heavy atom. The number of esters is 1. The van der Waals surface area contributed by atoms with Gasteiger partial charge >= 0.3 is 10.8 Å². The summed E-state index contributed by atoms with van der Waals surface area (Å²) in [6.45, 7) is 0.507. The topological polar surface area (TPSA) is 48.3 Å². The molecule has 0 bridgehead atoms. The zero-order valence-corrected chi connectivity index (χ0v) is 20.5. The van der Waals surface area contributed by atoms with E-state index in [2.05, 4.69) is 28.1 Å². The largest absolute Gasteiger partial charge is 0.426 e. The van der Waals surface area contributed by atoms with E-state index >= 15 is 0 Å². The molecule has 4 aromatic rings. The van der Waals surface area contributed by atoms with Crippen LogP contribution < -0.4 is 9.61 Å². The molecule has 0 saturated carbocycles. The Kier molecular flexibility index (Phi) is 5.28. The van der Waals surface area contributed by atoms with Crippen molar-refractivity contribution in [2.24, 2.45) is 5.92 Å². The number of thioether (sulfide) groups is 1. The lowest BCUT2D eigenvalue weighted by Crippen LogP contribution is -2.37. The minimum Gasteiger partial charge on any atom is -0.426 e. The number of hydrogen-bond acceptors (Lipinski definition) is 5. The standard InChI is InChI=1S/C26H18BrNO3S2/c27-17-11-12-19-18(13-17)20-21(25(29)31-19)22(16-9-5-2-6-10-16)32-24-23(20)33-26(30)28(24)14-15-7-3-1-4-8-15/h1-13,20-22H,14H2/t20-,21-,22+/m1/s1. The molecule has 3 heterocycles. The lowest BCUT2D eigenvalue weighted by molar-refractivity contribution is -0.140. The first-order chi connectivity index (χ1) is 16.1. The summed E-state index contributed by atoms with van der Waals surface area (Å²) in [6, 6.07) is 25.8. The highest BCUT2D eigenvalue weighted by Gasteiger charge is 2.50. The maximum Gasteiger partial charge on any atom is 0.316 e. The summed E-state index contributed by atoms with van der Waals surface area (Å²) in [6.07, 6.45) is 0. The number of halogens is 1. The van der Waals surface area contributed by atoms with E-state index in [4.69, 9.17) is 4.74 Å². The van der Waals surface area contributed by atoms with Crippen molar-refractivity contribution in [1.29, 1.82) is 0 Å². The van der Waals surface area contributed by atoms with Crippen LogP contribution in [-0.2, 0) is 11.3 Å². The Bertz CT molecular complexity index is 1410. The van der Waals surface area contributed by atoms with Crippen LogP contribution in [-0.4, -0.2) is 10.5 Å². The van der Waals surface area contributed by atoms with Gasteiger partial charge in [0, 0.05) is 20.8 Å². The molecule has 33 heavy (non-hydrogen) atoms. The van der Waals surface area contributed by atoms with Crippen molar-refractivity contribution < 1.29 is 9.53 Å². The van der Waals surface area contributed by atoms with Crippen molar-refractivity contribution in [1.82, 2.24) is 4.57 Å². The predicted molar refractivity (Wildman–Crippen MR) is 134 cm³/mol. The van der Waals surface area contributed by atoms with Crippen molar-refractivity contribution in [3.05, 3.63) is 115 Å². The summed E-state index contributed by atoms with van der Waals surface area (Å²) >= 11 is 6.44. The maximum atomic E-state index is 13.3. The number of ether oxygens (including phenoxy) is 1. The average molecular weight is 536 g/mol. The Morgan fingerprint density at radius 2 is 1.67 bits per heavy atom. The molecule has 0 spiro atoms. The molecule has 0 fully saturated rings. The summed E-state index contributed by atoms with van der Waals surface area (Å²) in [4.78, 5) is 27.5. The number of carbonyl (C=O) groups excluding carboxylic acids is 1. The third-order valence-corrected chi connectivity index (χ3v) is 9.35. The van der Waals surface area contributed by atoms with Crippen LogP contribution in [0.1, 0.15) is 32.7 Å². The van der Waals surface area contributed by atoms with Crippen molar-refractivity contribution in [3.63, 3.8) is 0 Å². The molecule has 0 radical (unpaired) electrons. The van der Waals surface area contributed by atoms with Crippen LogP contribution >= 0.6 is 39.0 Å². The molecular formula is C26H18BrNO3S2. The first kappa shape index (κ1) is 21.0. The van der Waals surface area contributed by atoms with Gasteiger partial charge in [-0.1, -0.05) is 99.7 Å². The van der Waals surface area contributed by atoms with E-state index in [1.165, 1.54) is 11.3 Å². The molecule has 2 aliphatic rings. The fourth-order valence-corrected chi connectivity index (χ4v) is 7.93. The van der Waals surface area contributed by atoms with Crippen molar-refractivity contribution in [2.75, 3.05) is 0 Å². The average Bonchev–Trinajstić information content (AvgIpc) is 3.15. The molecule has 0 unspecified atom stereocenters. The van der Waals surface area contributed by atoms with Gasteiger partial charge in [0.2, 0.25) is 0 Å². The second-order valence-electron chi connectivity index (χ2n) is 8.16. The summed E-state index contributed by atoms with van der Waals surface area (Å²) in [5, 5.41) is 0.795. The molecule has 6 rings (SSSR count). The fraction of sp³-hybridized carbons (Fsp3) is 0.154. The summed E-state index contributed by atoms with van der Waals surface area (Å²) < 4.78 is 8.59. The Hall–Kier alpha value is -2.61. The zero-order valence-electron chi connectivity index (χ0n) is 17.3. The summed E-state index contributed by atoms with van der Waals surface area (Å²) in [5.74, 6) is -0.299. The van der Waals surface area contributed by atoms with Crippen molar-refractivity contribution in [2.45, 2.75) is 22.7 Å². The molecule has 2 aliphatic heterocycles. The maximum absolute atomic E-state index is 13.3. The van der Waals surface area contributed by atoms with Gasteiger partial charge in [-0.3, -0.25) is 14.2 Å². The van der Waals surface area contributed by atoms with Gasteiger partial charge in [-0.15, -0.1) is 0 Å². The number of carbonyl (C=O) groups is 1. The molecule has 0 amide bonds. The van der Waals surface area contributed by atoms with Gasteiger partial charge < -0.3 is 4.74 Å². The first-order valence-electron chi connectivity index (χ1n) is 10.6. The molecule has 0 saturated heterocycles. The Labute approximate surface area is 207 Å². The molecule has 7 heteroatoms. The second-order valence-corrected chi connectivity index (χ2v) is 11.2. The Morgan fingerprint density at radius 3 is 2.42 bits per heavy atom. The van der Waals surface area contributed by atoms with Gasteiger partial charge in [-0.25, -0.2) is 0 Å². The van der Waals surface area contributed by atoms with Crippen molar-refractivity contribution in [3.8, 4) is 5.75 Å². The summed E-state index contributed by atoms with van der Waals surface area (Å²) in [5.41, 5.74) is 3.08. The van der Waals surface area contributed by atoms with Gasteiger partial charge in [0.15, 0.2) is 0 Å². The minimum absolute atomic E-state index is 0.000646. The highest BCUT2D eigenvalue weighted by molar-refractivity contribution is 9.10. The van der Waals surface area contributed by atoms with Crippen LogP contribution in [0.4, 0.5) is 0 Å².